The molecule has 0 bridgehead atoms. The van der Waals surface area contributed by atoms with Gasteiger partial charge in [-0.15, -0.1) is 0 Å². The van der Waals surface area contributed by atoms with Gasteiger partial charge in [-0.05, 0) is 18.2 Å². The van der Waals surface area contributed by atoms with Crippen LogP contribution in [0.1, 0.15) is 0 Å². The third-order valence-corrected chi connectivity index (χ3v) is 7.87. The monoisotopic (exact) mass is 632 g/mol. The van der Waals surface area contributed by atoms with Crippen LogP contribution in [0.15, 0.2) is 36.4 Å². The molecule has 0 radical (unpaired) electrons. The van der Waals surface area contributed by atoms with Crippen molar-refractivity contribution in [3.63, 3.8) is 0 Å². The summed E-state index contributed by atoms with van der Waals surface area (Å²) in [5.41, 5.74) is 0. The van der Waals surface area contributed by atoms with Gasteiger partial charge in [0.15, 0.2) is 17.2 Å². The average molecular weight is 636 g/mol. The van der Waals surface area contributed by atoms with Gasteiger partial charge >= 0.3 is 7.82 Å². The van der Waals surface area contributed by atoms with E-state index >= 15 is 0 Å². The molecule has 0 saturated carbocycles. The topological polar surface area (TPSA) is 44.8 Å². The quantitative estimate of drug-likeness (QED) is 0.200. The van der Waals surface area contributed by atoms with E-state index in [4.69, 9.17) is 118 Å². The van der Waals surface area contributed by atoms with Crippen LogP contribution in [-0.4, -0.2) is 0 Å². The van der Waals surface area contributed by atoms with Crippen molar-refractivity contribution in [1.82, 2.24) is 0 Å². The van der Waals surface area contributed by atoms with Gasteiger partial charge in [-0.25, -0.2) is 0 Å². The van der Waals surface area contributed by atoms with Crippen molar-refractivity contribution in [2.24, 2.45) is 0 Å². The molecule has 32 heavy (non-hydrogen) atoms. The molecule has 3 aromatic rings. The smallest absolute Gasteiger partial charge is 0.384 e. The molecule has 0 aromatic heterocycles. The Labute approximate surface area is 227 Å². The minimum Gasteiger partial charge on any atom is -0.384 e. The van der Waals surface area contributed by atoms with E-state index in [1.165, 1.54) is 36.4 Å². The predicted molar refractivity (Wildman–Crippen MR) is 134 cm³/mol. The van der Waals surface area contributed by atoms with E-state index in [1.54, 1.807) is 0 Å². The molecule has 0 heterocycles. The predicted octanol–water partition coefficient (Wildman–Crippen LogP) is 11.2. The SMILES string of the molecule is O=P(Oc1cc(Cl)c(Cl)cc1Cl)(Oc1cc(Cl)c(Cl)cc1Cl)Oc1cc(Cl)c(Cl)cc1Cl. The van der Waals surface area contributed by atoms with E-state index in [2.05, 4.69) is 0 Å². The van der Waals surface area contributed by atoms with Gasteiger partial charge < -0.3 is 13.6 Å². The summed E-state index contributed by atoms with van der Waals surface area (Å²) in [6.45, 7) is 0. The van der Waals surface area contributed by atoms with Gasteiger partial charge in [0, 0.05) is 18.2 Å². The van der Waals surface area contributed by atoms with Crippen molar-refractivity contribution >= 4 is 112 Å². The zero-order valence-corrected chi connectivity index (χ0v) is 22.6. The maximum atomic E-state index is 13.7. The highest BCUT2D eigenvalue weighted by molar-refractivity contribution is 7.49. The van der Waals surface area contributed by atoms with Crippen molar-refractivity contribution in [2.45, 2.75) is 0 Å². The Kier molecular flexibility index (Phi) is 8.83. The fourth-order valence-corrected chi connectivity index (χ4v) is 5.32. The summed E-state index contributed by atoms with van der Waals surface area (Å²) < 4.78 is 30.2. The van der Waals surface area contributed by atoms with E-state index < -0.39 is 7.82 Å². The van der Waals surface area contributed by atoms with Gasteiger partial charge in [0.2, 0.25) is 0 Å². The lowest BCUT2D eigenvalue weighted by Crippen LogP contribution is -2.08. The minimum absolute atomic E-state index is 0.0349. The van der Waals surface area contributed by atoms with Gasteiger partial charge in [-0.1, -0.05) is 104 Å². The van der Waals surface area contributed by atoms with E-state index in [-0.39, 0.29) is 62.5 Å². The third kappa shape index (κ3) is 6.31. The molecule has 14 heteroatoms. The van der Waals surface area contributed by atoms with Crippen molar-refractivity contribution in [3.05, 3.63) is 81.6 Å². The molecular weight excluding hydrogens is 630 g/mol. The molecule has 0 fully saturated rings. The first-order valence-electron chi connectivity index (χ1n) is 8.01. The first-order valence-corrected chi connectivity index (χ1v) is 12.9. The van der Waals surface area contributed by atoms with Crippen LogP contribution in [0.25, 0.3) is 0 Å². The van der Waals surface area contributed by atoms with E-state index in [0.717, 1.165) is 0 Å². The zero-order valence-electron chi connectivity index (χ0n) is 14.9. The molecule has 0 N–H and O–H groups in total. The number of benzene rings is 3. The lowest BCUT2D eigenvalue weighted by Gasteiger charge is -2.21. The molecule has 0 saturated heterocycles. The van der Waals surface area contributed by atoms with Crippen molar-refractivity contribution in [1.29, 1.82) is 0 Å². The lowest BCUT2D eigenvalue weighted by molar-refractivity contribution is 0.298. The minimum atomic E-state index is -4.63. The fraction of sp³-hybridized carbons (Fsp3) is 0. The number of halogens is 9. The number of hydrogen-bond acceptors (Lipinski definition) is 4. The Bertz CT molecular complexity index is 1100. The van der Waals surface area contributed by atoms with E-state index in [9.17, 15) is 4.57 Å². The van der Waals surface area contributed by atoms with Gasteiger partial charge in [-0.3, -0.25) is 0 Å². The van der Waals surface area contributed by atoms with Crippen molar-refractivity contribution in [2.75, 3.05) is 0 Å². The van der Waals surface area contributed by atoms with Crippen LogP contribution in [0.2, 0.25) is 45.2 Å². The molecule has 0 spiro atoms. The molecule has 3 aromatic carbocycles. The summed E-state index contributed by atoms with van der Waals surface area (Å²) in [5.74, 6) is -0.509. The Morgan fingerprint density at radius 1 is 0.406 bits per heavy atom. The normalized spacial score (nSPS) is 11.4. The first kappa shape index (κ1) is 26.5. The third-order valence-electron chi connectivity index (χ3n) is 3.55. The number of hydrogen-bond donors (Lipinski definition) is 0. The van der Waals surface area contributed by atoms with Crippen LogP contribution in [-0.2, 0) is 4.57 Å². The molecule has 0 aliphatic heterocycles. The van der Waals surface area contributed by atoms with Crippen molar-refractivity contribution < 1.29 is 18.1 Å². The second-order valence-corrected chi connectivity index (χ2v) is 10.9. The second-order valence-electron chi connectivity index (χ2n) is 5.81. The highest BCUT2D eigenvalue weighted by atomic mass is 35.5. The molecule has 4 nitrogen and oxygen atoms in total. The molecule has 0 aliphatic carbocycles. The fourth-order valence-electron chi connectivity index (χ4n) is 2.14. The first-order chi connectivity index (χ1) is 14.9. The van der Waals surface area contributed by atoms with Gasteiger partial charge in [-0.2, -0.15) is 4.57 Å². The van der Waals surface area contributed by atoms with Crippen LogP contribution in [0.3, 0.4) is 0 Å². The Hall–Kier alpha value is -0.100. The summed E-state index contributed by atoms with van der Waals surface area (Å²) in [4.78, 5) is 0. The lowest BCUT2D eigenvalue weighted by atomic mass is 10.3. The Balaban J connectivity index is 2.08. The van der Waals surface area contributed by atoms with E-state index in [1.807, 2.05) is 0 Å². The molecular formula is C18H6Cl9O4P. The molecule has 0 unspecified atom stereocenters. The van der Waals surface area contributed by atoms with Crippen LogP contribution in [0.4, 0.5) is 0 Å². The highest BCUT2D eigenvalue weighted by Gasteiger charge is 2.36. The summed E-state index contributed by atoms with van der Waals surface area (Å²) in [6, 6.07) is 7.51. The van der Waals surface area contributed by atoms with Crippen LogP contribution in [0, 0.1) is 0 Å². The van der Waals surface area contributed by atoms with Gasteiger partial charge in [0.05, 0.1) is 45.2 Å². The summed E-state index contributed by atoms with van der Waals surface area (Å²) in [5, 5.41) is 0.516. The molecule has 0 amide bonds. The average Bonchev–Trinajstić information content (AvgIpc) is 2.68. The standard InChI is InChI=1S/C18H6Cl9O4P/c19-7-1-13(25)16(4-10(7)22)29-32(28,30-17-5-11(23)8(20)2-14(17)26)31-18-6-12(24)9(21)3-15(18)27/h1-6H. The number of rotatable bonds is 6. The van der Waals surface area contributed by atoms with Gasteiger partial charge in [0.25, 0.3) is 0 Å². The van der Waals surface area contributed by atoms with Crippen molar-refractivity contribution in [3.8, 4) is 17.2 Å². The largest absolute Gasteiger partial charge is 0.647 e. The van der Waals surface area contributed by atoms with Gasteiger partial charge in [0.1, 0.15) is 0 Å². The molecule has 170 valence electrons. The Morgan fingerprint density at radius 2 is 0.625 bits per heavy atom. The van der Waals surface area contributed by atoms with Crippen LogP contribution >= 0.6 is 112 Å². The molecule has 0 aliphatic rings. The van der Waals surface area contributed by atoms with E-state index in [0.29, 0.717) is 0 Å². The number of phosphoric ester groups is 1. The maximum absolute atomic E-state index is 13.7. The molecule has 3 rings (SSSR count). The highest BCUT2D eigenvalue weighted by Crippen LogP contribution is 2.55. The molecule has 0 atom stereocenters. The summed E-state index contributed by atoms with van der Waals surface area (Å²) >= 11 is 54.2. The number of phosphoric acid groups is 1. The summed E-state index contributed by atoms with van der Waals surface area (Å²) in [6.07, 6.45) is 0. The Morgan fingerprint density at radius 3 is 0.875 bits per heavy atom. The maximum Gasteiger partial charge on any atom is 0.647 e. The van der Waals surface area contributed by atoms with Crippen LogP contribution in [0.5, 0.6) is 17.2 Å². The van der Waals surface area contributed by atoms with Crippen LogP contribution < -0.4 is 13.6 Å². The summed E-state index contributed by atoms with van der Waals surface area (Å²) in [7, 11) is -4.63. The second kappa shape index (κ2) is 10.7. The zero-order chi connectivity index (χ0) is 23.8.